The van der Waals surface area contributed by atoms with E-state index < -0.39 is 23.6 Å². The second-order valence-electron chi connectivity index (χ2n) is 5.96. The summed E-state index contributed by atoms with van der Waals surface area (Å²) in [4.78, 5) is 24.6. The Labute approximate surface area is 149 Å². The molecule has 2 aromatic carbocycles. The third kappa shape index (κ3) is 3.77. The number of hydrogen-bond donors (Lipinski definition) is 1. The molecule has 2 amide bonds. The quantitative estimate of drug-likeness (QED) is 0.912. The van der Waals surface area contributed by atoms with Gasteiger partial charge in [-0.1, -0.05) is 24.3 Å². The standard InChI is InChI=1S/C19H17F2N3O2/c1-12(13-7-8-15(20)16(21)11-13)22-19(26)17-9-10-18(25)24(23-17)14-5-3-2-4-6-14/h2-8,11-12H,9-10H2,1H3,(H,22,26). The van der Waals surface area contributed by atoms with E-state index >= 15 is 0 Å². The zero-order valence-electron chi connectivity index (χ0n) is 14.1. The molecule has 0 bridgehead atoms. The Bertz CT molecular complexity index is 868. The average molecular weight is 357 g/mol. The molecule has 2 aromatic rings. The molecule has 5 nitrogen and oxygen atoms in total. The van der Waals surface area contributed by atoms with Crippen LogP contribution >= 0.6 is 0 Å². The number of rotatable bonds is 4. The van der Waals surface area contributed by atoms with Crippen LogP contribution in [0.3, 0.4) is 0 Å². The lowest BCUT2D eigenvalue weighted by Crippen LogP contribution is -2.39. The van der Waals surface area contributed by atoms with Crippen molar-refractivity contribution in [1.29, 1.82) is 0 Å². The van der Waals surface area contributed by atoms with E-state index in [0.29, 0.717) is 11.3 Å². The zero-order valence-corrected chi connectivity index (χ0v) is 14.1. The van der Waals surface area contributed by atoms with Crippen LogP contribution in [0.2, 0.25) is 0 Å². The van der Waals surface area contributed by atoms with Crippen molar-refractivity contribution in [2.24, 2.45) is 5.10 Å². The van der Waals surface area contributed by atoms with Crippen LogP contribution in [0.5, 0.6) is 0 Å². The van der Waals surface area contributed by atoms with E-state index in [0.717, 1.165) is 12.1 Å². The predicted octanol–water partition coefficient (Wildman–Crippen LogP) is 3.33. The summed E-state index contributed by atoms with van der Waals surface area (Å²) in [5.41, 5.74) is 1.23. The SMILES string of the molecule is CC(NC(=O)C1=NN(c2ccccc2)C(=O)CC1)c1ccc(F)c(F)c1. The van der Waals surface area contributed by atoms with Crippen LogP contribution in [0.1, 0.15) is 31.4 Å². The lowest BCUT2D eigenvalue weighted by molar-refractivity contribution is -0.119. The van der Waals surface area contributed by atoms with Crippen molar-refractivity contribution in [3.05, 3.63) is 65.7 Å². The maximum Gasteiger partial charge on any atom is 0.267 e. The van der Waals surface area contributed by atoms with Gasteiger partial charge in [0.05, 0.1) is 11.7 Å². The smallest absolute Gasteiger partial charge is 0.267 e. The van der Waals surface area contributed by atoms with Gasteiger partial charge in [-0.25, -0.2) is 13.8 Å². The van der Waals surface area contributed by atoms with Gasteiger partial charge in [-0.3, -0.25) is 9.59 Å². The molecule has 0 fully saturated rings. The molecule has 1 unspecified atom stereocenters. The topological polar surface area (TPSA) is 61.8 Å². The number of anilines is 1. The zero-order chi connectivity index (χ0) is 18.7. The first-order valence-electron chi connectivity index (χ1n) is 8.17. The summed E-state index contributed by atoms with van der Waals surface area (Å²) in [6, 6.07) is 11.8. The van der Waals surface area contributed by atoms with Gasteiger partial charge in [0.15, 0.2) is 11.6 Å². The van der Waals surface area contributed by atoms with Crippen LogP contribution in [-0.4, -0.2) is 17.5 Å². The normalized spacial score (nSPS) is 15.4. The highest BCUT2D eigenvalue weighted by Gasteiger charge is 2.26. The maximum absolute atomic E-state index is 13.4. The van der Waals surface area contributed by atoms with Crippen molar-refractivity contribution in [2.75, 3.05) is 5.01 Å². The summed E-state index contributed by atoms with van der Waals surface area (Å²) in [6.07, 6.45) is 0.388. The Morgan fingerprint density at radius 3 is 2.54 bits per heavy atom. The number of hydrazone groups is 1. The molecule has 1 heterocycles. The largest absolute Gasteiger partial charge is 0.344 e. The van der Waals surface area contributed by atoms with E-state index in [-0.39, 0.29) is 24.5 Å². The lowest BCUT2D eigenvalue weighted by atomic mass is 10.1. The van der Waals surface area contributed by atoms with E-state index in [1.54, 1.807) is 31.2 Å². The van der Waals surface area contributed by atoms with Crippen molar-refractivity contribution in [3.63, 3.8) is 0 Å². The minimum atomic E-state index is -0.973. The summed E-state index contributed by atoms with van der Waals surface area (Å²) in [5.74, 6) is -2.56. The van der Waals surface area contributed by atoms with Crippen molar-refractivity contribution >= 4 is 23.2 Å². The molecule has 7 heteroatoms. The Hall–Kier alpha value is -3.09. The van der Waals surface area contributed by atoms with Gasteiger partial charge < -0.3 is 5.32 Å². The number of nitrogens with zero attached hydrogens (tertiary/aromatic N) is 2. The van der Waals surface area contributed by atoms with Gasteiger partial charge in [0.25, 0.3) is 5.91 Å². The summed E-state index contributed by atoms with van der Waals surface area (Å²) >= 11 is 0. The fourth-order valence-corrected chi connectivity index (χ4v) is 2.63. The molecule has 0 saturated carbocycles. The van der Waals surface area contributed by atoms with Crippen molar-refractivity contribution in [1.82, 2.24) is 5.32 Å². The molecular formula is C19H17F2N3O2. The van der Waals surface area contributed by atoms with Crippen molar-refractivity contribution in [2.45, 2.75) is 25.8 Å². The average Bonchev–Trinajstić information content (AvgIpc) is 2.65. The minimum Gasteiger partial charge on any atom is -0.344 e. The number of halogens is 2. The van der Waals surface area contributed by atoms with Gasteiger partial charge in [-0.15, -0.1) is 0 Å². The van der Waals surface area contributed by atoms with E-state index in [9.17, 15) is 18.4 Å². The molecule has 0 spiro atoms. The molecule has 1 aliphatic heterocycles. The Morgan fingerprint density at radius 1 is 1.12 bits per heavy atom. The van der Waals surface area contributed by atoms with Gasteiger partial charge >= 0.3 is 0 Å². The Kier molecular flexibility index (Phi) is 5.06. The van der Waals surface area contributed by atoms with Crippen LogP contribution in [0.25, 0.3) is 0 Å². The van der Waals surface area contributed by atoms with E-state index in [1.165, 1.54) is 11.1 Å². The molecule has 3 rings (SSSR count). The molecule has 0 saturated heterocycles. The Morgan fingerprint density at radius 2 is 1.85 bits per heavy atom. The number of carbonyl (C=O) groups is 2. The van der Waals surface area contributed by atoms with E-state index in [1.807, 2.05) is 6.07 Å². The second kappa shape index (κ2) is 7.43. The van der Waals surface area contributed by atoms with Gasteiger partial charge in [0, 0.05) is 12.8 Å². The van der Waals surface area contributed by atoms with Crippen LogP contribution in [0.15, 0.2) is 53.6 Å². The molecule has 134 valence electrons. The molecule has 0 aliphatic carbocycles. The summed E-state index contributed by atoms with van der Waals surface area (Å²) in [7, 11) is 0. The predicted molar refractivity (Wildman–Crippen MR) is 93.5 cm³/mol. The molecule has 26 heavy (non-hydrogen) atoms. The van der Waals surface area contributed by atoms with Gasteiger partial charge in [0.2, 0.25) is 5.91 Å². The first kappa shape index (κ1) is 17.7. The molecular weight excluding hydrogens is 340 g/mol. The van der Waals surface area contributed by atoms with Crippen molar-refractivity contribution in [3.8, 4) is 0 Å². The number of hydrogen-bond acceptors (Lipinski definition) is 3. The number of para-hydroxylation sites is 1. The molecule has 0 radical (unpaired) electrons. The first-order valence-corrected chi connectivity index (χ1v) is 8.17. The summed E-state index contributed by atoms with van der Waals surface area (Å²) in [6.45, 7) is 1.66. The Balaban J connectivity index is 1.76. The minimum absolute atomic E-state index is 0.167. The summed E-state index contributed by atoms with van der Waals surface area (Å²) < 4.78 is 26.4. The van der Waals surface area contributed by atoms with Crippen molar-refractivity contribution < 1.29 is 18.4 Å². The lowest BCUT2D eigenvalue weighted by Gasteiger charge is -2.24. The number of carbonyl (C=O) groups excluding carboxylic acids is 2. The number of benzene rings is 2. The number of amides is 2. The van der Waals surface area contributed by atoms with E-state index in [2.05, 4.69) is 10.4 Å². The second-order valence-corrected chi connectivity index (χ2v) is 5.96. The summed E-state index contributed by atoms with van der Waals surface area (Å²) in [5, 5.41) is 8.08. The molecule has 1 aliphatic rings. The van der Waals surface area contributed by atoms with Gasteiger partial charge in [-0.05, 0) is 36.8 Å². The third-order valence-electron chi connectivity index (χ3n) is 4.09. The highest BCUT2D eigenvalue weighted by Crippen LogP contribution is 2.21. The van der Waals surface area contributed by atoms with Crippen LogP contribution in [0.4, 0.5) is 14.5 Å². The molecule has 0 aromatic heterocycles. The fourth-order valence-electron chi connectivity index (χ4n) is 2.63. The van der Waals surface area contributed by atoms with E-state index in [4.69, 9.17) is 0 Å². The molecule has 1 atom stereocenters. The highest BCUT2D eigenvalue weighted by atomic mass is 19.2. The van der Waals surface area contributed by atoms with Crippen LogP contribution < -0.4 is 10.3 Å². The maximum atomic E-state index is 13.4. The highest BCUT2D eigenvalue weighted by molar-refractivity contribution is 6.40. The van der Waals surface area contributed by atoms with Gasteiger partial charge in [0.1, 0.15) is 5.71 Å². The number of nitrogens with one attached hydrogen (secondary N) is 1. The van der Waals surface area contributed by atoms with Gasteiger partial charge in [-0.2, -0.15) is 5.10 Å². The third-order valence-corrected chi connectivity index (χ3v) is 4.09. The fraction of sp³-hybridized carbons (Fsp3) is 0.211. The first-order chi connectivity index (χ1) is 12.5. The van der Waals surface area contributed by atoms with Crippen LogP contribution in [0, 0.1) is 11.6 Å². The monoisotopic (exact) mass is 357 g/mol. The molecule has 1 N–H and O–H groups in total. The van der Waals surface area contributed by atoms with Crippen LogP contribution in [-0.2, 0) is 9.59 Å².